The van der Waals surface area contributed by atoms with Gasteiger partial charge in [0.1, 0.15) is 11.4 Å². The van der Waals surface area contributed by atoms with Crippen LogP contribution in [0.3, 0.4) is 0 Å². The minimum absolute atomic E-state index is 0. The van der Waals surface area contributed by atoms with Gasteiger partial charge in [0.15, 0.2) is 11.2 Å². The van der Waals surface area contributed by atoms with Crippen molar-refractivity contribution in [2.75, 3.05) is 18.1 Å². The van der Waals surface area contributed by atoms with E-state index in [4.69, 9.17) is 21.0 Å². The molecule has 0 aliphatic rings. The average Bonchev–Trinajstić information content (AvgIpc) is 2.58. The van der Waals surface area contributed by atoms with E-state index < -0.39 is 0 Å². The van der Waals surface area contributed by atoms with Gasteiger partial charge in [-0.1, -0.05) is 0 Å². The number of nitrogen functional groups attached to an aromatic ring is 2. The van der Waals surface area contributed by atoms with Gasteiger partial charge in [0.2, 0.25) is 0 Å². The first kappa shape index (κ1) is 15.6. The number of aliphatic hydroxyl groups is 1. The molecule has 0 aliphatic carbocycles. The van der Waals surface area contributed by atoms with Gasteiger partial charge in [0, 0.05) is 6.61 Å². The van der Waals surface area contributed by atoms with Crippen molar-refractivity contribution in [2.24, 2.45) is 0 Å². The Morgan fingerprint density at radius 1 is 1.14 bits per heavy atom. The molecule has 0 fully saturated rings. The lowest BCUT2D eigenvalue weighted by atomic mass is 10.3. The van der Waals surface area contributed by atoms with Crippen molar-refractivity contribution in [1.82, 2.24) is 0 Å². The van der Waals surface area contributed by atoms with Crippen molar-refractivity contribution in [3.63, 3.8) is 0 Å². The molecule has 2 aromatic rings. The lowest BCUT2D eigenvalue weighted by Crippen LogP contribution is -1.90. The normalized spacial score (nSPS) is 8.43. The Morgan fingerprint density at radius 3 is 1.57 bits per heavy atom. The fourth-order valence-corrected chi connectivity index (χ4v) is 0.893. The Hall–Kier alpha value is -0.840. The summed E-state index contributed by atoms with van der Waals surface area (Å²) >= 11 is 0. The van der Waals surface area contributed by atoms with Crippen molar-refractivity contribution in [3.8, 4) is 0 Å². The number of anilines is 2. The van der Waals surface area contributed by atoms with Gasteiger partial charge in [-0.25, -0.2) is 0 Å². The lowest BCUT2D eigenvalue weighted by Gasteiger charge is -1.87. The average molecular weight is 241 g/mol. The number of rotatable bonds is 0. The second-order valence-corrected chi connectivity index (χ2v) is 2.31. The highest BCUT2D eigenvalue weighted by molar-refractivity contribution is 5.93. The van der Waals surface area contributed by atoms with Crippen molar-refractivity contribution in [1.29, 1.82) is 0 Å². The van der Waals surface area contributed by atoms with Gasteiger partial charge < -0.3 is 21.0 Å². The third-order valence-corrected chi connectivity index (χ3v) is 1.43. The van der Waals surface area contributed by atoms with E-state index >= 15 is 0 Å². The summed E-state index contributed by atoms with van der Waals surface area (Å²) < 4.78 is 5.09. The molecule has 0 saturated carbocycles. The number of nitrogens with two attached hydrogens (primary N) is 2. The summed E-state index contributed by atoms with van der Waals surface area (Å²) in [4.78, 5) is 0. The molecule has 5 N–H and O–H groups in total. The number of furan rings is 2. The molecule has 0 radical (unpaired) electrons. The quantitative estimate of drug-likeness (QED) is 0.614. The van der Waals surface area contributed by atoms with Gasteiger partial charge in [-0.15, -0.1) is 24.8 Å². The highest BCUT2D eigenvalue weighted by Crippen LogP contribution is 2.32. The molecule has 0 saturated heterocycles. The molecule has 0 aliphatic heterocycles. The van der Waals surface area contributed by atoms with Crippen molar-refractivity contribution < 1.29 is 9.52 Å². The van der Waals surface area contributed by atoms with Crippen LogP contribution in [0.1, 0.15) is 6.92 Å². The molecular weight excluding hydrogens is 227 g/mol. The molecule has 0 atom stereocenters. The van der Waals surface area contributed by atoms with E-state index in [1.807, 2.05) is 0 Å². The van der Waals surface area contributed by atoms with Gasteiger partial charge in [-0.3, -0.25) is 0 Å². The zero-order chi connectivity index (χ0) is 9.14. The second-order valence-electron chi connectivity index (χ2n) is 2.31. The Balaban J connectivity index is 0. The summed E-state index contributed by atoms with van der Waals surface area (Å²) in [6.45, 7) is 1.93. The highest BCUT2D eigenvalue weighted by atomic mass is 35.5. The van der Waals surface area contributed by atoms with E-state index in [9.17, 15) is 0 Å². The molecule has 0 aromatic carbocycles. The molecule has 0 amide bonds. The molecule has 2 bridgehead atoms. The van der Waals surface area contributed by atoms with Gasteiger partial charge in [-0.2, -0.15) is 0 Å². The largest absolute Gasteiger partial charge is 0.453 e. The van der Waals surface area contributed by atoms with E-state index in [0.29, 0.717) is 22.5 Å². The van der Waals surface area contributed by atoms with Crippen LogP contribution in [0.25, 0.3) is 11.2 Å². The van der Waals surface area contributed by atoms with Crippen LogP contribution < -0.4 is 11.5 Å². The molecule has 0 spiro atoms. The van der Waals surface area contributed by atoms with Gasteiger partial charge >= 0.3 is 0 Å². The van der Waals surface area contributed by atoms with E-state index in [1.165, 1.54) is 0 Å². The predicted octanol–water partition coefficient (Wildman–Crippen LogP) is 1.88. The number of halogens is 2. The zero-order valence-corrected chi connectivity index (χ0v) is 9.32. The first-order valence-electron chi connectivity index (χ1n) is 3.67. The molecule has 14 heavy (non-hydrogen) atoms. The molecule has 2 aromatic heterocycles. The van der Waals surface area contributed by atoms with Crippen molar-refractivity contribution in [3.05, 3.63) is 12.1 Å². The van der Waals surface area contributed by atoms with E-state index in [0.717, 1.165) is 0 Å². The minimum Gasteiger partial charge on any atom is -0.453 e. The molecule has 6 heteroatoms. The van der Waals surface area contributed by atoms with E-state index in [2.05, 4.69) is 0 Å². The smallest absolute Gasteiger partial charge is 0.152 e. The molecule has 2 heterocycles. The van der Waals surface area contributed by atoms with Crippen molar-refractivity contribution in [2.45, 2.75) is 6.92 Å². The first-order valence-corrected chi connectivity index (χ1v) is 3.67. The number of fused-ring (bicyclic) bond motifs is 2. The standard InChI is InChI=1S/C6H6N2O.C2H6O.2ClH/c7-5-3-1-2-4(9-3)6(5)8;1-2-3;;/h1-2H,7-8H2;3H,2H2,1H3;2*1H. The van der Waals surface area contributed by atoms with Crippen LogP contribution in [0.2, 0.25) is 0 Å². The number of hydrogen-bond acceptors (Lipinski definition) is 4. The molecule has 2 rings (SSSR count). The first-order chi connectivity index (χ1) is 5.70. The molecule has 4 nitrogen and oxygen atoms in total. The molecule has 82 valence electrons. The summed E-state index contributed by atoms with van der Waals surface area (Å²) in [6, 6.07) is 3.61. The predicted molar refractivity (Wildman–Crippen MR) is 63.5 cm³/mol. The summed E-state index contributed by atoms with van der Waals surface area (Å²) in [5.41, 5.74) is 13.5. The maximum absolute atomic E-state index is 7.57. The summed E-state index contributed by atoms with van der Waals surface area (Å²) in [5, 5.41) is 7.57. The van der Waals surface area contributed by atoms with Crippen LogP contribution in [0.15, 0.2) is 16.5 Å². The van der Waals surface area contributed by atoms with Gasteiger partial charge in [0.25, 0.3) is 0 Å². The summed E-state index contributed by atoms with van der Waals surface area (Å²) in [6.07, 6.45) is 0. The topological polar surface area (TPSA) is 85.4 Å². The van der Waals surface area contributed by atoms with E-state index in [-0.39, 0.29) is 31.4 Å². The number of benzene rings is 1. The fraction of sp³-hybridized carbons (Fsp3) is 0.250. The summed E-state index contributed by atoms with van der Waals surface area (Å²) in [5.74, 6) is 0. The van der Waals surface area contributed by atoms with Crippen LogP contribution >= 0.6 is 24.8 Å². The Kier molecular flexibility index (Phi) is 7.35. The third kappa shape index (κ3) is 2.83. The Labute approximate surface area is 94.4 Å². The number of hydrogen-bond donors (Lipinski definition) is 3. The molecular formula is C8H14Cl2N2O2. The van der Waals surface area contributed by atoms with Gasteiger partial charge in [-0.05, 0) is 19.1 Å². The lowest BCUT2D eigenvalue weighted by molar-refractivity contribution is 0.318. The maximum atomic E-state index is 7.57. The van der Waals surface area contributed by atoms with Crippen molar-refractivity contribution >= 4 is 47.4 Å². The Bertz CT molecular complexity index is 320. The van der Waals surface area contributed by atoms with Crippen LogP contribution in [-0.4, -0.2) is 11.7 Å². The van der Waals surface area contributed by atoms with Crippen LogP contribution in [0.4, 0.5) is 11.4 Å². The number of aliphatic hydroxyl groups excluding tert-OH is 1. The minimum atomic E-state index is 0. The monoisotopic (exact) mass is 240 g/mol. The SMILES string of the molecule is CCO.Cl.Cl.Nc1c(N)c2ccc1o2. The molecule has 0 unspecified atom stereocenters. The van der Waals surface area contributed by atoms with Crippen LogP contribution in [0, 0.1) is 0 Å². The maximum Gasteiger partial charge on any atom is 0.152 e. The fourth-order valence-electron chi connectivity index (χ4n) is 0.893. The van der Waals surface area contributed by atoms with E-state index in [1.54, 1.807) is 19.1 Å². The van der Waals surface area contributed by atoms with Crippen LogP contribution in [0.5, 0.6) is 0 Å². The Morgan fingerprint density at radius 2 is 1.43 bits per heavy atom. The summed E-state index contributed by atoms with van der Waals surface area (Å²) in [7, 11) is 0. The van der Waals surface area contributed by atoms with Crippen LogP contribution in [-0.2, 0) is 0 Å². The second kappa shape index (κ2) is 6.59. The zero-order valence-electron chi connectivity index (χ0n) is 7.69. The highest BCUT2D eigenvalue weighted by Gasteiger charge is 2.09. The van der Waals surface area contributed by atoms with Gasteiger partial charge in [0.05, 0.1) is 0 Å². The third-order valence-electron chi connectivity index (χ3n) is 1.43.